The van der Waals surface area contributed by atoms with Crippen LogP contribution in [0.3, 0.4) is 0 Å². The van der Waals surface area contributed by atoms with Crippen molar-refractivity contribution in [1.82, 2.24) is 9.21 Å². The van der Waals surface area contributed by atoms with Crippen LogP contribution >= 0.6 is 0 Å². The van der Waals surface area contributed by atoms with Crippen LogP contribution in [0.15, 0.2) is 70.8 Å². The van der Waals surface area contributed by atoms with E-state index in [-0.39, 0.29) is 24.8 Å². The van der Waals surface area contributed by atoms with Crippen molar-refractivity contribution in [2.75, 3.05) is 19.7 Å². The Morgan fingerprint density at radius 3 is 2.55 bits per heavy atom. The molecule has 2 aromatic rings. The molecule has 2 fully saturated rings. The van der Waals surface area contributed by atoms with Crippen LogP contribution < -0.4 is 5.73 Å². The predicted octanol–water partition coefficient (Wildman–Crippen LogP) is 2.99. The zero-order chi connectivity index (χ0) is 21.6. The number of piperidine rings is 1. The molecule has 1 atom stereocenters. The Kier molecular flexibility index (Phi) is 4.98. The summed E-state index contributed by atoms with van der Waals surface area (Å²) < 4.78 is 33.4. The molecule has 2 aromatic carbocycles. The van der Waals surface area contributed by atoms with Gasteiger partial charge in [0.05, 0.1) is 10.9 Å². The third kappa shape index (κ3) is 3.59. The fraction of sp³-hybridized carbons (Fsp3) is 0.348. The highest BCUT2D eigenvalue weighted by Gasteiger charge is 2.41. The van der Waals surface area contributed by atoms with Crippen LogP contribution in [0.2, 0.25) is 0 Å². The Bertz CT molecular complexity index is 1200. The van der Waals surface area contributed by atoms with Crippen molar-refractivity contribution in [1.29, 1.82) is 0 Å². The quantitative estimate of drug-likeness (QED) is 0.794. The molecule has 7 nitrogen and oxygen atoms in total. The van der Waals surface area contributed by atoms with Gasteiger partial charge in [-0.25, -0.2) is 13.2 Å². The lowest BCUT2D eigenvalue weighted by atomic mass is 9.92. The van der Waals surface area contributed by atoms with E-state index in [2.05, 4.69) is 0 Å². The SMILES string of the molecule is NC1=CCC2C(=C1)COC(=O)N2C1CCN(S(=O)(=O)c2ccc3ccccc3c2)CC1. The molecule has 1 amide bonds. The average Bonchev–Trinajstić information content (AvgIpc) is 2.79. The summed E-state index contributed by atoms with van der Waals surface area (Å²) in [6.45, 7) is 1.00. The second kappa shape index (κ2) is 7.69. The van der Waals surface area contributed by atoms with Gasteiger partial charge in [-0.1, -0.05) is 36.4 Å². The first-order chi connectivity index (χ1) is 14.9. The number of carbonyl (C=O) groups excluding carboxylic acids is 1. The highest BCUT2D eigenvalue weighted by Crippen LogP contribution is 2.32. The minimum absolute atomic E-state index is 0.0535. The summed E-state index contributed by atoms with van der Waals surface area (Å²) in [4.78, 5) is 14.6. The fourth-order valence-corrected chi connectivity index (χ4v) is 6.29. The molecule has 2 N–H and O–H groups in total. The van der Waals surface area contributed by atoms with Gasteiger partial charge in [0, 0.05) is 24.8 Å². The van der Waals surface area contributed by atoms with Crippen LogP contribution in [0, 0.1) is 0 Å². The van der Waals surface area contributed by atoms with Gasteiger partial charge >= 0.3 is 6.09 Å². The van der Waals surface area contributed by atoms with Crippen LogP contribution in [0.25, 0.3) is 10.8 Å². The monoisotopic (exact) mass is 439 g/mol. The minimum Gasteiger partial charge on any atom is -0.445 e. The molecule has 162 valence electrons. The summed E-state index contributed by atoms with van der Waals surface area (Å²) in [5.74, 6) is 0. The number of cyclic esters (lactones) is 1. The van der Waals surface area contributed by atoms with E-state index in [1.165, 1.54) is 4.31 Å². The van der Waals surface area contributed by atoms with E-state index in [4.69, 9.17) is 10.5 Å². The second-order valence-corrected chi connectivity index (χ2v) is 10.2. The zero-order valence-electron chi connectivity index (χ0n) is 17.1. The number of fused-ring (bicyclic) bond motifs is 2. The number of nitrogens with zero attached hydrogens (tertiary/aromatic N) is 2. The van der Waals surface area contributed by atoms with Gasteiger partial charge in [0.2, 0.25) is 10.0 Å². The van der Waals surface area contributed by atoms with Crippen molar-refractivity contribution in [3.8, 4) is 0 Å². The maximum Gasteiger partial charge on any atom is 0.410 e. The number of allylic oxidation sites excluding steroid dienone is 1. The van der Waals surface area contributed by atoms with Crippen LogP contribution in [0.4, 0.5) is 4.79 Å². The first-order valence-corrected chi connectivity index (χ1v) is 12.0. The number of hydrogen-bond acceptors (Lipinski definition) is 5. The lowest BCUT2D eigenvalue weighted by Gasteiger charge is -2.45. The molecule has 0 aromatic heterocycles. The number of carbonyl (C=O) groups is 1. The van der Waals surface area contributed by atoms with Crippen molar-refractivity contribution < 1.29 is 17.9 Å². The summed E-state index contributed by atoms with van der Waals surface area (Å²) >= 11 is 0. The molecule has 2 saturated heterocycles. The Labute approximate surface area is 181 Å². The van der Waals surface area contributed by atoms with E-state index in [1.807, 2.05) is 42.5 Å². The van der Waals surface area contributed by atoms with E-state index >= 15 is 0 Å². The number of hydrogen-bond donors (Lipinski definition) is 1. The molecule has 5 rings (SSSR count). The topological polar surface area (TPSA) is 92.9 Å². The van der Waals surface area contributed by atoms with E-state index in [1.54, 1.807) is 17.0 Å². The molecule has 0 saturated carbocycles. The van der Waals surface area contributed by atoms with Crippen molar-refractivity contribution in [2.45, 2.75) is 36.2 Å². The Morgan fingerprint density at radius 2 is 1.77 bits per heavy atom. The molecule has 31 heavy (non-hydrogen) atoms. The Balaban J connectivity index is 1.32. The largest absolute Gasteiger partial charge is 0.445 e. The summed E-state index contributed by atoms with van der Waals surface area (Å²) in [6.07, 6.45) is 5.30. The number of ether oxygens (including phenoxy) is 1. The lowest BCUT2D eigenvalue weighted by Crippen LogP contribution is -2.56. The third-order valence-corrected chi connectivity index (χ3v) is 8.34. The first-order valence-electron chi connectivity index (χ1n) is 10.5. The standard InChI is InChI=1S/C23H25N3O4S/c24-19-6-8-22-18(13-19)15-30-23(27)26(22)20-9-11-25(12-10-20)31(28,29)21-7-5-16-3-1-2-4-17(16)14-21/h1-7,13-14,20,22H,8-12,15,24H2. The van der Waals surface area contributed by atoms with Gasteiger partial charge in [-0.2, -0.15) is 4.31 Å². The van der Waals surface area contributed by atoms with E-state index in [0.29, 0.717) is 42.9 Å². The molecule has 2 aliphatic heterocycles. The maximum atomic E-state index is 13.2. The Hall–Kier alpha value is -2.84. The van der Waals surface area contributed by atoms with Crippen molar-refractivity contribution in [3.63, 3.8) is 0 Å². The predicted molar refractivity (Wildman–Crippen MR) is 118 cm³/mol. The second-order valence-electron chi connectivity index (χ2n) is 8.28. The van der Waals surface area contributed by atoms with Gasteiger partial charge in [0.25, 0.3) is 0 Å². The highest BCUT2D eigenvalue weighted by atomic mass is 32.2. The molecule has 0 radical (unpaired) electrons. The van der Waals surface area contributed by atoms with Gasteiger partial charge in [-0.05, 0) is 53.8 Å². The highest BCUT2D eigenvalue weighted by molar-refractivity contribution is 7.89. The summed E-state index contributed by atoms with van der Waals surface area (Å²) in [6, 6.07) is 12.8. The van der Waals surface area contributed by atoms with Gasteiger partial charge in [0.1, 0.15) is 6.61 Å². The van der Waals surface area contributed by atoms with Crippen LogP contribution in [-0.4, -0.2) is 55.5 Å². The number of amides is 1. The maximum absolute atomic E-state index is 13.2. The minimum atomic E-state index is -3.59. The smallest absolute Gasteiger partial charge is 0.410 e. The van der Waals surface area contributed by atoms with Crippen LogP contribution in [-0.2, 0) is 14.8 Å². The van der Waals surface area contributed by atoms with E-state index in [0.717, 1.165) is 16.3 Å². The van der Waals surface area contributed by atoms with Crippen molar-refractivity contribution in [2.24, 2.45) is 5.73 Å². The van der Waals surface area contributed by atoms with Gasteiger partial charge in [0.15, 0.2) is 0 Å². The molecule has 3 aliphatic rings. The Morgan fingerprint density at radius 1 is 1.03 bits per heavy atom. The van der Waals surface area contributed by atoms with E-state index < -0.39 is 10.0 Å². The number of sulfonamides is 1. The molecule has 1 aliphatic carbocycles. The van der Waals surface area contributed by atoms with Crippen molar-refractivity contribution in [3.05, 3.63) is 65.9 Å². The fourth-order valence-electron chi connectivity index (χ4n) is 4.79. The number of nitrogens with two attached hydrogens (primary N) is 1. The van der Waals surface area contributed by atoms with Crippen molar-refractivity contribution >= 4 is 26.9 Å². The number of rotatable bonds is 3. The molecular formula is C23H25N3O4S. The first kappa shape index (κ1) is 20.1. The molecule has 0 bridgehead atoms. The molecular weight excluding hydrogens is 414 g/mol. The number of benzene rings is 2. The van der Waals surface area contributed by atoms with E-state index in [9.17, 15) is 13.2 Å². The van der Waals surface area contributed by atoms with Gasteiger partial charge < -0.3 is 10.5 Å². The van der Waals surface area contributed by atoms with Gasteiger partial charge in [-0.15, -0.1) is 0 Å². The third-order valence-electron chi connectivity index (χ3n) is 6.44. The molecule has 0 spiro atoms. The average molecular weight is 440 g/mol. The van der Waals surface area contributed by atoms with Crippen LogP contribution in [0.5, 0.6) is 0 Å². The van der Waals surface area contributed by atoms with Crippen LogP contribution in [0.1, 0.15) is 19.3 Å². The lowest BCUT2D eigenvalue weighted by molar-refractivity contribution is 0.0392. The normalized spacial score (nSPS) is 23.2. The zero-order valence-corrected chi connectivity index (χ0v) is 17.9. The summed E-state index contributed by atoms with van der Waals surface area (Å²) in [7, 11) is -3.59. The molecule has 1 unspecified atom stereocenters. The molecule has 8 heteroatoms. The molecule has 2 heterocycles. The summed E-state index contributed by atoms with van der Waals surface area (Å²) in [5.41, 5.74) is 7.61. The van der Waals surface area contributed by atoms with Gasteiger partial charge in [-0.3, -0.25) is 4.90 Å². The summed E-state index contributed by atoms with van der Waals surface area (Å²) in [5, 5.41) is 1.91.